The summed E-state index contributed by atoms with van der Waals surface area (Å²) >= 11 is 7.14. The molecule has 0 unspecified atom stereocenters. The van der Waals surface area contributed by atoms with Crippen LogP contribution in [0.4, 0.5) is 0 Å². The second kappa shape index (κ2) is 10.2. The summed E-state index contributed by atoms with van der Waals surface area (Å²) in [6.45, 7) is 1.45. The quantitative estimate of drug-likeness (QED) is 0.210. The van der Waals surface area contributed by atoms with E-state index >= 15 is 0 Å². The van der Waals surface area contributed by atoms with Crippen molar-refractivity contribution in [1.82, 2.24) is 24.5 Å². The maximum atomic E-state index is 12.7. The van der Waals surface area contributed by atoms with Gasteiger partial charge in [0.2, 0.25) is 0 Å². The Labute approximate surface area is 236 Å². The zero-order valence-electron chi connectivity index (χ0n) is 20.9. The van der Waals surface area contributed by atoms with Crippen LogP contribution in [-0.4, -0.2) is 50.8 Å². The minimum absolute atomic E-state index is 0.0110. The Bertz CT molecular complexity index is 1640. The van der Waals surface area contributed by atoms with E-state index in [9.17, 15) is 4.79 Å². The van der Waals surface area contributed by atoms with Crippen LogP contribution >= 0.6 is 31.9 Å². The van der Waals surface area contributed by atoms with E-state index in [4.69, 9.17) is 14.5 Å². The van der Waals surface area contributed by atoms with E-state index in [1.807, 2.05) is 31.4 Å². The molecule has 5 aromatic rings. The van der Waals surface area contributed by atoms with Crippen LogP contribution in [0.5, 0.6) is 0 Å². The standard InChI is InChI=1S/C28H25Br2N5O3/c1-34-26(27(30)32-33-34)18-12-23-24(31-15-18)20-13-21(29)19(28(36)37-2)14-22(20)35(23)25(16-6-4-3-5-7-16)17-8-10-38-11-9-17/h3-7,12-15,17,25H,8-11H2,1-2H3/t25-/m1/s1. The summed E-state index contributed by atoms with van der Waals surface area (Å²) < 4.78 is 16.3. The second-order valence-electron chi connectivity index (χ2n) is 9.46. The SMILES string of the molecule is COC(=O)c1cc2c(cc1Br)c1ncc(-c3c(Br)nnn3C)cc1n2[C@H](c1ccccc1)C1CCOCC1. The van der Waals surface area contributed by atoms with E-state index in [2.05, 4.69) is 77.1 Å². The molecule has 0 spiro atoms. The lowest BCUT2D eigenvalue weighted by atomic mass is 9.86. The molecule has 10 heteroatoms. The van der Waals surface area contributed by atoms with Crippen LogP contribution < -0.4 is 0 Å². The van der Waals surface area contributed by atoms with Gasteiger partial charge in [0.1, 0.15) is 5.69 Å². The summed E-state index contributed by atoms with van der Waals surface area (Å²) in [5.74, 6) is -0.0552. The fourth-order valence-electron chi connectivity index (χ4n) is 5.57. The molecule has 0 N–H and O–H groups in total. The number of carbonyl (C=O) groups is 1. The summed E-state index contributed by atoms with van der Waals surface area (Å²) in [6, 6.07) is 16.6. The van der Waals surface area contributed by atoms with Crippen LogP contribution in [0.15, 0.2) is 63.8 Å². The van der Waals surface area contributed by atoms with Crippen molar-refractivity contribution < 1.29 is 14.3 Å². The third-order valence-electron chi connectivity index (χ3n) is 7.32. The van der Waals surface area contributed by atoms with Crippen LogP contribution in [0, 0.1) is 5.92 Å². The highest BCUT2D eigenvalue weighted by molar-refractivity contribution is 9.10. The Morgan fingerprint density at radius 2 is 1.87 bits per heavy atom. The van der Waals surface area contributed by atoms with Crippen molar-refractivity contribution in [3.63, 3.8) is 0 Å². The van der Waals surface area contributed by atoms with Crippen LogP contribution in [-0.2, 0) is 16.5 Å². The number of methoxy groups -OCH3 is 1. The second-order valence-corrected chi connectivity index (χ2v) is 11.1. The maximum absolute atomic E-state index is 12.7. The van der Waals surface area contributed by atoms with Crippen molar-refractivity contribution >= 4 is 59.8 Å². The van der Waals surface area contributed by atoms with E-state index in [1.54, 1.807) is 4.68 Å². The van der Waals surface area contributed by atoms with Gasteiger partial charge >= 0.3 is 5.97 Å². The third-order valence-corrected chi connectivity index (χ3v) is 8.51. The Hall–Kier alpha value is -3.08. The lowest BCUT2D eigenvalue weighted by Gasteiger charge is -2.33. The molecule has 0 saturated carbocycles. The van der Waals surface area contributed by atoms with Gasteiger partial charge in [0.15, 0.2) is 4.60 Å². The fourth-order valence-corrected chi connectivity index (χ4v) is 6.63. The number of benzene rings is 2. The lowest BCUT2D eigenvalue weighted by molar-refractivity contribution is 0.0553. The molecule has 4 heterocycles. The molecular formula is C28H25Br2N5O3. The molecule has 8 nitrogen and oxygen atoms in total. The molecule has 38 heavy (non-hydrogen) atoms. The molecule has 1 aliphatic rings. The molecule has 3 aromatic heterocycles. The van der Waals surface area contributed by atoms with Gasteiger partial charge < -0.3 is 14.0 Å². The number of carbonyl (C=O) groups excluding carboxylic acids is 1. The largest absolute Gasteiger partial charge is 0.465 e. The summed E-state index contributed by atoms with van der Waals surface area (Å²) in [6.07, 6.45) is 3.72. The molecule has 6 rings (SSSR count). The van der Waals surface area contributed by atoms with Crippen molar-refractivity contribution in [1.29, 1.82) is 0 Å². The van der Waals surface area contributed by atoms with E-state index in [-0.39, 0.29) is 6.04 Å². The minimum atomic E-state index is -0.392. The first-order valence-corrected chi connectivity index (χ1v) is 14.0. The minimum Gasteiger partial charge on any atom is -0.465 e. The molecular weight excluding hydrogens is 614 g/mol. The number of aromatic nitrogens is 5. The fraction of sp³-hybridized carbons (Fsp3) is 0.286. The maximum Gasteiger partial charge on any atom is 0.339 e. The Balaban J connectivity index is 1.71. The Morgan fingerprint density at radius 1 is 1.11 bits per heavy atom. The summed E-state index contributed by atoms with van der Waals surface area (Å²) in [7, 11) is 3.26. The molecule has 194 valence electrons. The molecule has 1 atom stereocenters. The monoisotopic (exact) mass is 637 g/mol. The highest BCUT2D eigenvalue weighted by Crippen LogP contribution is 2.42. The smallest absolute Gasteiger partial charge is 0.339 e. The van der Waals surface area contributed by atoms with Crippen LogP contribution in [0.1, 0.15) is 34.8 Å². The van der Waals surface area contributed by atoms with Crippen molar-refractivity contribution in [2.24, 2.45) is 13.0 Å². The first kappa shape index (κ1) is 25.2. The first-order chi connectivity index (χ1) is 18.5. The van der Waals surface area contributed by atoms with Gasteiger partial charge in [-0.2, -0.15) is 0 Å². The number of hydrogen-bond donors (Lipinski definition) is 0. The van der Waals surface area contributed by atoms with Gasteiger partial charge in [-0.3, -0.25) is 4.98 Å². The predicted molar refractivity (Wildman–Crippen MR) is 152 cm³/mol. The number of esters is 1. The Kier molecular flexibility index (Phi) is 6.79. The topological polar surface area (TPSA) is 84.1 Å². The van der Waals surface area contributed by atoms with E-state index in [0.717, 1.165) is 59.2 Å². The summed E-state index contributed by atoms with van der Waals surface area (Å²) in [5.41, 5.74) is 6.17. The van der Waals surface area contributed by atoms with Gasteiger partial charge in [0, 0.05) is 41.9 Å². The van der Waals surface area contributed by atoms with Gasteiger partial charge in [-0.15, -0.1) is 5.10 Å². The average molecular weight is 639 g/mol. The van der Waals surface area contributed by atoms with Crippen molar-refractivity contribution in [2.45, 2.75) is 18.9 Å². The van der Waals surface area contributed by atoms with Gasteiger partial charge in [-0.25, -0.2) is 9.48 Å². The van der Waals surface area contributed by atoms with Crippen molar-refractivity contribution in [3.05, 3.63) is 74.9 Å². The molecule has 1 saturated heterocycles. The molecule has 0 radical (unpaired) electrons. The molecule has 2 aromatic carbocycles. The molecule has 1 aliphatic heterocycles. The number of nitrogens with zero attached hydrogens (tertiary/aromatic N) is 5. The van der Waals surface area contributed by atoms with E-state index in [0.29, 0.717) is 20.6 Å². The molecule has 1 fully saturated rings. The van der Waals surface area contributed by atoms with Crippen molar-refractivity contribution in [3.8, 4) is 11.3 Å². The van der Waals surface area contributed by atoms with E-state index < -0.39 is 5.97 Å². The lowest BCUT2D eigenvalue weighted by Crippen LogP contribution is -2.27. The van der Waals surface area contributed by atoms with Crippen molar-refractivity contribution in [2.75, 3.05) is 20.3 Å². The number of rotatable bonds is 5. The predicted octanol–water partition coefficient (Wildman–Crippen LogP) is 6.31. The molecule has 0 bridgehead atoms. The normalized spacial score (nSPS) is 15.3. The summed E-state index contributed by atoms with van der Waals surface area (Å²) in [5, 5.41) is 9.29. The van der Waals surface area contributed by atoms with Crippen LogP contribution in [0.3, 0.4) is 0 Å². The number of halogens is 2. The highest BCUT2D eigenvalue weighted by atomic mass is 79.9. The van der Waals surface area contributed by atoms with E-state index in [1.165, 1.54) is 12.7 Å². The average Bonchev–Trinajstić information content (AvgIpc) is 3.44. The van der Waals surface area contributed by atoms with Gasteiger partial charge in [-0.05, 0) is 74.4 Å². The van der Waals surface area contributed by atoms with Gasteiger partial charge in [-0.1, -0.05) is 35.5 Å². The Morgan fingerprint density at radius 3 is 2.55 bits per heavy atom. The molecule has 0 aliphatic carbocycles. The summed E-state index contributed by atoms with van der Waals surface area (Å²) in [4.78, 5) is 17.7. The van der Waals surface area contributed by atoms with Gasteiger partial charge in [0.25, 0.3) is 0 Å². The van der Waals surface area contributed by atoms with Crippen LogP contribution in [0.25, 0.3) is 33.2 Å². The highest BCUT2D eigenvalue weighted by Gasteiger charge is 2.31. The van der Waals surface area contributed by atoms with Crippen LogP contribution in [0.2, 0.25) is 0 Å². The van der Waals surface area contributed by atoms with Gasteiger partial charge in [0.05, 0.1) is 35.3 Å². The number of pyridine rings is 1. The zero-order valence-corrected chi connectivity index (χ0v) is 24.1. The number of aryl methyl sites for hydroxylation is 1. The number of fused-ring (bicyclic) bond motifs is 3. The number of ether oxygens (including phenoxy) is 2. The third kappa shape index (κ3) is 4.24. The molecule has 0 amide bonds. The number of hydrogen-bond acceptors (Lipinski definition) is 6. The first-order valence-electron chi connectivity index (χ1n) is 12.4. The zero-order chi connectivity index (χ0) is 26.4.